The van der Waals surface area contributed by atoms with Gasteiger partial charge in [-0.05, 0) is 55.9 Å². The van der Waals surface area contributed by atoms with Gasteiger partial charge in [0.1, 0.15) is 11.6 Å². The number of aromatic nitrogens is 4. The van der Waals surface area contributed by atoms with E-state index in [0.29, 0.717) is 61.2 Å². The number of benzene rings is 1. The molecule has 192 valence electrons. The number of amides is 2. The standard InChI is InChI=1S/C27H30N6O4/c34-26(17-5-6-23-24(9-17)30-31-29-23)32-11-19-13-33(14-20(19)12-32)27(35)18-8-22(16-3-4-16)25(28-10-18)37-21-2-1-7-36-15-21/h5-6,8-10,16,19-21H,1-4,7,11-15H2,(H,29,30,31)/t19-,20-,21?/m0/s1. The first kappa shape index (κ1) is 22.7. The molecular formula is C27H30N6O4. The second-order valence-electron chi connectivity index (χ2n) is 10.8. The van der Waals surface area contributed by atoms with Crippen LogP contribution >= 0.6 is 0 Å². The van der Waals surface area contributed by atoms with Crippen molar-refractivity contribution in [3.05, 3.63) is 47.2 Å². The molecular weight excluding hydrogens is 472 g/mol. The third-order valence-electron chi connectivity index (χ3n) is 8.17. The lowest BCUT2D eigenvalue weighted by molar-refractivity contribution is 0.00505. The number of hydrogen-bond acceptors (Lipinski definition) is 7. The fourth-order valence-corrected chi connectivity index (χ4v) is 6.00. The number of pyridine rings is 1. The number of H-pyrrole nitrogens is 1. The largest absolute Gasteiger partial charge is 0.472 e. The Hall–Kier alpha value is -3.53. The molecule has 3 saturated heterocycles. The molecule has 7 rings (SSSR count). The van der Waals surface area contributed by atoms with Gasteiger partial charge < -0.3 is 19.3 Å². The van der Waals surface area contributed by atoms with E-state index >= 15 is 0 Å². The van der Waals surface area contributed by atoms with E-state index in [0.717, 1.165) is 43.4 Å². The summed E-state index contributed by atoms with van der Waals surface area (Å²) in [4.78, 5) is 35.0. The van der Waals surface area contributed by atoms with Crippen molar-refractivity contribution in [1.82, 2.24) is 30.2 Å². The highest BCUT2D eigenvalue weighted by Crippen LogP contribution is 2.44. The Morgan fingerprint density at radius 3 is 2.43 bits per heavy atom. The van der Waals surface area contributed by atoms with Gasteiger partial charge in [-0.2, -0.15) is 0 Å². The van der Waals surface area contributed by atoms with Crippen molar-refractivity contribution in [2.45, 2.75) is 37.7 Å². The second-order valence-corrected chi connectivity index (χ2v) is 10.8. The van der Waals surface area contributed by atoms with Gasteiger partial charge in [-0.3, -0.25) is 14.7 Å². The first-order chi connectivity index (χ1) is 18.1. The Kier molecular flexibility index (Phi) is 5.57. The molecule has 37 heavy (non-hydrogen) atoms. The molecule has 3 aliphatic heterocycles. The molecule has 4 aliphatic rings. The molecule has 3 atom stereocenters. The van der Waals surface area contributed by atoms with Crippen molar-refractivity contribution in [2.24, 2.45) is 11.8 Å². The van der Waals surface area contributed by atoms with E-state index in [1.807, 2.05) is 28.0 Å². The maximum Gasteiger partial charge on any atom is 0.255 e. The summed E-state index contributed by atoms with van der Waals surface area (Å²) in [5, 5.41) is 10.6. The van der Waals surface area contributed by atoms with Crippen LogP contribution in [0.15, 0.2) is 30.5 Å². The highest BCUT2D eigenvalue weighted by molar-refractivity contribution is 5.97. The minimum absolute atomic E-state index is 0.00871. The minimum Gasteiger partial charge on any atom is -0.472 e. The second kappa shape index (κ2) is 9.09. The number of ether oxygens (including phenoxy) is 2. The van der Waals surface area contributed by atoms with Gasteiger partial charge >= 0.3 is 0 Å². The van der Waals surface area contributed by atoms with Gasteiger partial charge in [0, 0.05) is 61.9 Å². The van der Waals surface area contributed by atoms with Crippen LogP contribution in [0.3, 0.4) is 0 Å². The number of rotatable bonds is 5. The van der Waals surface area contributed by atoms with Gasteiger partial charge in [0.25, 0.3) is 11.8 Å². The van der Waals surface area contributed by atoms with Gasteiger partial charge in [0.05, 0.1) is 17.7 Å². The highest BCUT2D eigenvalue weighted by Gasteiger charge is 2.43. The first-order valence-electron chi connectivity index (χ1n) is 13.3. The Morgan fingerprint density at radius 1 is 0.973 bits per heavy atom. The molecule has 0 spiro atoms. The van der Waals surface area contributed by atoms with Crippen molar-refractivity contribution in [1.29, 1.82) is 0 Å². The molecule has 0 radical (unpaired) electrons. The lowest BCUT2D eigenvalue weighted by Gasteiger charge is -2.24. The first-order valence-corrected chi connectivity index (χ1v) is 13.3. The fraction of sp³-hybridized carbons (Fsp3) is 0.519. The van der Waals surface area contributed by atoms with Crippen LogP contribution in [0.25, 0.3) is 11.0 Å². The van der Waals surface area contributed by atoms with Crippen LogP contribution in [-0.4, -0.2) is 87.5 Å². The zero-order chi connectivity index (χ0) is 24.9. The van der Waals surface area contributed by atoms with Crippen molar-refractivity contribution in [3.8, 4) is 5.88 Å². The molecule has 0 bridgehead atoms. The van der Waals surface area contributed by atoms with Crippen LogP contribution in [0.1, 0.15) is 57.9 Å². The smallest absolute Gasteiger partial charge is 0.255 e. The van der Waals surface area contributed by atoms with Crippen molar-refractivity contribution in [3.63, 3.8) is 0 Å². The summed E-state index contributed by atoms with van der Waals surface area (Å²) in [6.07, 6.45) is 5.88. The zero-order valence-electron chi connectivity index (χ0n) is 20.6. The topological polar surface area (TPSA) is 114 Å². The predicted molar refractivity (Wildman–Crippen MR) is 133 cm³/mol. The molecule has 1 N–H and O–H groups in total. The molecule has 5 heterocycles. The summed E-state index contributed by atoms with van der Waals surface area (Å²) in [7, 11) is 0. The normalized spacial score (nSPS) is 25.5. The van der Waals surface area contributed by atoms with Gasteiger partial charge in [-0.25, -0.2) is 4.98 Å². The maximum absolute atomic E-state index is 13.4. The van der Waals surface area contributed by atoms with Gasteiger partial charge in [-0.15, -0.1) is 5.10 Å². The maximum atomic E-state index is 13.4. The van der Waals surface area contributed by atoms with Crippen LogP contribution in [0.2, 0.25) is 0 Å². The number of aromatic amines is 1. The van der Waals surface area contributed by atoms with E-state index < -0.39 is 0 Å². The lowest BCUT2D eigenvalue weighted by Crippen LogP contribution is -2.35. The number of carbonyl (C=O) groups excluding carboxylic acids is 2. The average Bonchev–Trinajstić information content (AvgIpc) is 3.33. The quantitative estimate of drug-likeness (QED) is 0.571. The Bertz CT molecular complexity index is 1330. The molecule has 3 aromatic rings. The number of hydrogen-bond donors (Lipinski definition) is 1. The number of likely N-dealkylation sites (tertiary alicyclic amines) is 2. The molecule has 1 aliphatic carbocycles. The van der Waals surface area contributed by atoms with Gasteiger partial charge in [0.15, 0.2) is 0 Å². The van der Waals surface area contributed by atoms with Gasteiger partial charge in [-0.1, -0.05) is 5.21 Å². The lowest BCUT2D eigenvalue weighted by atomic mass is 10.0. The number of nitrogens with zero attached hydrogens (tertiary/aromatic N) is 5. The Morgan fingerprint density at radius 2 is 1.73 bits per heavy atom. The fourth-order valence-electron chi connectivity index (χ4n) is 6.00. The molecule has 1 aromatic carbocycles. The summed E-state index contributed by atoms with van der Waals surface area (Å²) < 4.78 is 11.7. The summed E-state index contributed by atoms with van der Waals surface area (Å²) in [6.45, 7) is 4.02. The number of fused-ring (bicyclic) bond motifs is 2. The Labute approximate surface area is 214 Å². The third kappa shape index (κ3) is 4.33. The summed E-state index contributed by atoms with van der Waals surface area (Å²) in [5.74, 6) is 1.68. The van der Waals surface area contributed by atoms with E-state index in [4.69, 9.17) is 9.47 Å². The number of nitrogens with one attached hydrogen (secondary N) is 1. The van der Waals surface area contributed by atoms with Crippen LogP contribution in [0.4, 0.5) is 0 Å². The monoisotopic (exact) mass is 502 g/mol. The van der Waals surface area contributed by atoms with E-state index in [9.17, 15) is 9.59 Å². The zero-order valence-corrected chi connectivity index (χ0v) is 20.6. The number of carbonyl (C=O) groups is 2. The van der Waals surface area contributed by atoms with Crippen molar-refractivity contribution in [2.75, 3.05) is 39.4 Å². The van der Waals surface area contributed by atoms with Crippen LogP contribution in [0.5, 0.6) is 5.88 Å². The molecule has 2 amide bonds. The van der Waals surface area contributed by atoms with Crippen LogP contribution in [0, 0.1) is 11.8 Å². The summed E-state index contributed by atoms with van der Waals surface area (Å²) in [6, 6.07) is 7.43. The van der Waals surface area contributed by atoms with Crippen molar-refractivity contribution >= 4 is 22.8 Å². The SMILES string of the molecule is O=C(c1cnc(OC2CCCOC2)c(C2CC2)c1)N1C[C@@H]2CN(C(=O)c3ccc4[nH]nnc4c3)C[C@H]2C1. The average molecular weight is 503 g/mol. The Balaban J connectivity index is 1.01. The predicted octanol–water partition coefficient (Wildman–Crippen LogP) is 2.63. The molecule has 1 unspecified atom stereocenters. The third-order valence-corrected chi connectivity index (χ3v) is 8.17. The molecule has 4 fully saturated rings. The molecule has 1 saturated carbocycles. The van der Waals surface area contributed by atoms with Gasteiger partial charge in [0.2, 0.25) is 5.88 Å². The molecule has 10 nitrogen and oxygen atoms in total. The van der Waals surface area contributed by atoms with Crippen LogP contribution < -0.4 is 4.74 Å². The van der Waals surface area contributed by atoms with E-state index in [1.54, 1.807) is 12.3 Å². The molecule has 2 aromatic heterocycles. The van der Waals surface area contributed by atoms with Crippen LogP contribution in [-0.2, 0) is 4.74 Å². The molecule has 10 heteroatoms. The van der Waals surface area contributed by atoms with E-state index in [1.165, 1.54) is 0 Å². The van der Waals surface area contributed by atoms with E-state index in [-0.39, 0.29) is 29.8 Å². The minimum atomic E-state index is 0.00871. The van der Waals surface area contributed by atoms with Crippen molar-refractivity contribution < 1.29 is 19.1 Å². The highest BCUT2D eigenvalue weighted by atomic mass is 16.5. The summed E-state index contributed by atoms with van der Waals surface area (Å²) >= 11 is 0. The van der Waals surface area contributed by atoms with E-state index in [2.05, 4.69) is 20.4 Å². The summed E-state index contributed by atoms with van der Waals surface area (Å²) in [5.41, 5.74) is 3.80.